The van der Waals surface area contributed by atoms with E-state index in [0.29, 0.717) is 12.2 Å². The van der Waals surface area contributed by atoms with Gasteiger partial charge < -0.3 is 10.1 Å². The van der Waals surface area contributed by atoms with Gasteiger partial charge in [0.1, 0.15) is 0 Å². The fourth-order valence-electron chi connectivity index (χ4n) is 3.47. The molecular weight excluding hydrogens is 306 g/mol. The molecule has 7 heteroatoms. The second-order valence-corrected chi connectivity index (χ2v) is 7.11. The summed E-state index contributed by atoms with van der Waals surface area (Å²) in [6.45, 7) is 8.03. The number of carbonyl (C=O) groups excluding carboxylic acids is 1. The molecule has 2 fully saturated rings. The average Bonchev–Trinajstić information content (AvgIpc) is 3.23. The minimum Gasteiger partial charge on any atom is -0.370 e. The monoisotopic (exact) mass is 333 g/mol. The Bertz CT molecular complexity index is 572. The summed E-state index contributed by atoms with van der Waals surface area (Å²) in [7, 11) is 0. The van der Waals surface area contributed by atoms with Gasteiger partial charge in [-0.05, 0) is 39.5 Å². The maximum Gasteiger partial charge on any atom is 0.273 e. The number of hydrogen-bond donors (Lipinski definition) is 2. The summed E-state index contributed by atoms with van der Waals surface area (Å²) in [5.41, 5.74) is 1.70. The van der Waals surface area contributed by atoms with Crippen LogP contribution in [0.4, 0.5) is 0 Å². The Morgan fingerprint density at radius 2 is 2.25 bits per heavy atom. The zero-order valence-corrected chi connectivity index (χ0v) is 14.5. The van der Waals surface area contributed by atoms with Crippen LogP contribution in [0.3, 0.4) is 0 Å². The van der Waals surface area contributed by atoms with E-state index in [1.807, 2.05) is 0 Å². The summed E-state index contributed by atoms with van der Waals surface area (Å²) in [5, 5.41) is 12.8. The zero-order chi connectivity index (χ0) is 17.0. The number of nitrogens with zero attached hydrogens (tertiary/aromatic N) is 3. The molecule has 0 unspecified atom stereocenters. The van der Waals surface area contributed by atoms with Crippen LogP contribution in [0.15, 0.2) is 17.8 Å². The highest BCUT2D eigenvalue weighted by Gasteiger charge is 2.42. The molecule has 3 rings (SSSR count). The SMILES string of the molecule is CC(C)=CCN1CCC2(CC[C@@H](CNC(=O)c3cn[nH]n3)O2)CC1. The molecule has 0 saturated carbocycles. The number of rotatable bonds is 5. The van der Waals surface area contributed by atoms with E-state index >= 15 is 0 Å². The van der Waals surface area contributed by atoms with Crippen LogP contribution < -0.4 is 5.32 Å². The molecule has 2 saturated heterocycles. The van der Waals surface area contributed by atoms with E-state index in [1.165, 1.54) is 11.8 Å². The molecule has 132 valence electrons. The molecule has 0 aliphatic carbocycles. The number of amides is 1. The third kappa shape index (κ3) is 4.21. The van der Waals surface area contributed by atoms with Crippen molar-refractivity contribution >= 4 is 5.91 Å². The Hall–Kier alpha value is -1.73. The summed E-state index contributed by atoms with van der Waals surface area (Å²) in [6.07, 6.45) is 8.07. The van der Waals surface area contributed by atoms with E-state index in [9.17, 15) is 4.79 Å². The van der Waals surface area contributed by atoms with Gasteiger partial charge in [0, 0.05) is 26.2 Å². The Morgan fingerprint density at radius 3 is 2.92 bits per heavy atom. The van der Waals surface area contributed by atoms with Crippen LogP contribution in [0.25, 0.3) is 0 Å². The molecule has 1 amide bonds. The lowest BCUT2D eigenvalue weighted by atomic mass is 9.88. The molecule has 0 radical (unpaired) electrons. The summed E-state index contributed by atoms with van der Waals surface area (Å²) < 4.78 is 6.33. The highest BCUT2D eigenvalue weighted by atomic mass is 16.5. The molecule has 1 aromatic heterocycles. The van der Waals surface area contributed by atoms with Gasteiger partial charge in [-0.15, -0.1) is 0 Å². The Labute approximate surface area is 142 Å². The molecule has 0 bridgehead atoms. The van der Waals surface area contributed by atoms with Gasteiger partial charge in [-0.2, -0.15) is 15.4 Å². The van der Waals surface area contributed by atoms with Crippen molar-refractivity contribution in [1.82, 2.24) is 25.6 Å². The van der Waals surface area contributed by atoms with Gasteiger partial charge in [0.05, 0.1) is 17.9 Å². The third-order valence-electron chi connectivity index (χ3n) is 5.00. The highest BCUT2D eigenvalue weighted by molar-refractivity contribution is 5.91. The number of aromatic amines is 1. The van der Waals surface area contributed by atoms with E-state index in [1.54, 1.807) is 0 Å². The molecule has 1 aromatic rings. The lowest BCUT2D eigenvalue weighted by Gasteiger charge is -2.39. The fraction of sp³-hybridized carbons (Fsp3) is 0.706. The van der Waals surface area contributed by atoms with Gasteiger partial charge >= 0.3 is 0 Å². The van der Waals surface area contributed by atoms with Crippen LogP contribution in [0.2, 0.25) is 0 Å². The predicted octanol–water partition coefficient (Wildman–Crippen LogP) is 1.51. The van der Waals surface area contributed by atoms with Crippen LogP contribution in [0.1, 0.15) is 50.0 Å². The molecule has 7 nitrogen and oxygen atoms in total. The standard InChI is InChI=1S/C17H27N5O2/c1-13(2)4-8-22-9-6-17(7-10-22)5-3-14(24-17)11-18-16(23)15-12-19-21-20-15/h4,12,14H,3,5-11H2,1-2H3,(H,18,23)(H,19,20,21)/t14-/m0/s1. The number of ether oxygens (including phenoxy) is 1. The number of H-pyrrole nitrogens is 1. The van der Waals surface area contributed by atoms with Crippen molar-refractivity contribution in [1.29, 1.82) is 0 Å². The Balaban J connectivity index is 1.42. The van der Waals surface area contributed by atoms with Crippen molar-refractivity contribution in [2.24, 2.45) is 0 Å². The second kappa shape index (κ2) is 7.44. The maximum absolute atomic E-state index is 11.9. The lowest BCUT2D eigenvalue weighted by molar-refractivity contribution is -0.0741. The molecule has 2 N–H and O–H groups in total. The van der Waals surface area contributed by atoms with Gasteiger partial charge in [-0.3, -0.25) is 9.69 Å². The lowest BCUT2D eigenvalue weighted by Crippen LogP contribution is -2.45. The molecule has 2 aliphatic heterocycles. The number of allylic oxidation sites excluding steroid dienone is 1. The van der Waals surface area contributed by atoms with Crippen molar-refractivity contribution < 1.29 is 9.53 Å². The minimum absolute atomic E-state index is 0.0186. The predicted molar refractivity (Wildman–Crippen MR) is 90.7 cm³/mol. The summed E-state index contributed by atoms with van der Waals surface area (Å²) in [6, 6.07) is 0. The van der Waals surface area contributed by atoms with E-state index in [2.05, 4.69) is 45.6 Å². The van der Waals surface area contributed by atoms with Crippen molar-refractivity contribution in [3.63, 3.8) is 0 Å². The van der Waals surface area contributed by atoms with Crippen LogP contribution in [0.5, 0.6) is 0 Å². The Kier molecular flexibility index (Phi) is 5.30. The smallest absolute Gasteiger partial charge is 0.273 e. The summed E-state index contributed by atoms with van der Waals surface area (Å²) in [4.78, 5) is 14.4. The number of hydrogen-bond acceptors (Lipinski definition) is 5. The molecule has 1 spiro atoms. The van der Waals surface area contributed by atoms with Crippen molar-refractivity contribution in [2.45, 2.75) is 51.2 Å². The zero-order valence-electron chi connectivity index (χ0n) is 14.5. The van der Waals surface area contributed by atoms with E-state index in [4.69, 9.17) is 4.74 Å². The van der Waals surface area contributed by atoms with Crippen LogP contribution in [0, 0.1) is 0 Å². The second-order valence-electron chi connectivity index (χ2n) is 7.11. The summed E-state index contributed by atoms with van der Waals surface area (Å²) >= 11 is 0. The third-order valence-corrected chi connectivity index (χ3v) is 5.00. The van der Waals surface area contributed by atoms with Crippen LogP contribution in [-0.4, -0.2) is 64.1 Å². The molecule has 0 aromatic carbocycles. The number of piperidine rings is 1. The largest absolute Gasteiger partial charge is 0.370 e. The first-order chi connectivity index (χ1) is 11.6. The van der Waals surface area contributed by atoms with Crippen molar-refractivity contribution in [2.75, 3.05) is 26.2 Å². The first kappa shape index (κ1) is 17.1. The highest BCUT2D eigenvalue weighted by Crippen LogP contribution is 2.38. The molecule has 2 aliphatic rings. The summed E-state index contributed by atoms with van der Waals surface area (Å²) in [5.74, 6) is -0.204. The molecule has 24 heavy (non-hydrogen) atoms. The van der Waals surface area contributed by atoms with Crippen molar-refractivity contribution in [3.8, 4) is 0 Å². The Morgan fingerprint density at radius 1 is 1.46 bits per heavy atom. The quantitative estimate of drug-likeness (QED) is 0.798. The van der Waals surface area contributed by atoms with E-state index < -0.39 is 0 Å². The molecule has 3 heterocycles. The van der Waals surface area contributed by atoms with Gasteiger partial charge in [-0.25, -0.2) is 0 Å². The first-order valence-electron chi connectivity index (χ1n) is 8.74. The van der Waals surface area contributed by atoms with Crippen LogP contribution >= 0.6 is 0 Å². The van der Waals surface area contributed by atoms with E-state index in [0.717, 1.165) is 45.3 Å². The topological polar surface area (TPSA) is 83.1 Å². The van der Waals surface area contributed by atoms with Crippen LogP contribution in [-0.2, 0) is 4.74 Å². The number of aromatic nitrogens is 3. The number of nitrogens with one attached hydrogen (secondary N) is 2. The van der Waals surface area contributed by atoms with E-state index in [-0.39, 0.29) is 17.6 Å². The van der Waals surface area contributed by atoms with Crippen molar-refractivity contribution in [3.05, 3.63) is 23.5 Å². The van der Waals surface area contributed by atoms with Gasteiger partial charge in [0.2, 0.25) is 0 Å². The van der Waals surface area contributed by atoms with Gasteiger partial charge in [-0.1, -0.05) is 11.6 Å². The fourth-order valence-corrected chi connectivity index (χ4v) is 3.47. The first-order valence-corrected chi connectivity index (χ1v) is 8.74. The maximum atomic E-state index is 11.9. The normalized spacial score (nSPS) is 23.3. The van der Waals surface area contributed by atoms with Gasteiger partial charge in [0.15, 0.2) is 5.69 Å². The molecular formula is C17H27N5O2. The van der Waals surface area contributed by atoms with Gasteiger partial charge in [0.25, 0.3) is 5.91 Å². The molecule has 1 atom stereocenters. The number of carbonyl (C=O) groups is 1. The average molecular weight is 333 g/mol. The number of likely N-dealkylation sites (tertiary alicyclic amines) is 1. The minimum atomic E-state index is -0.204.